The molecule has 5 rings (SSSR count). The zero-order valence-electron chi connectivity index (χ0n) is 18.1. The highest BCUT2D eigenvalue weighted by Crippen LogP contribution is 2.38. The molecule has 0 fully saturated rings. The van der Waals surface area contributed by atoms with E-state index in [-0.39, 0.29) is 0 Å². The maximum absolute atomic E-state index is 9.93. The number of hydrogen-bond donors (Lipinski definition) is 0. The number of nitrogens with zero attached hydrogens (tertiary/aromatic N) is 5. The largest absolute Gasteiger partial charge is 0.308 e. The van der Waals surface area contributed by atoms with E-state index in [0.717, 1.165) is 67.6 Å². The van der Waals surface area contributed by atoms with Gasteiger partial charge in [-0.3, -0.25) is 4.40 Å². The van der Waals surface area contributed by atoms with Crippen molar-refractivity contribution in [2.45, 2.75) is 32.7 Å². The SMILES string of the molecule is CCCCc1nc2cccnc2n1Cc1ccc(-c2c(Br)c3cccc(I)n3c2C#N)cc1. The van der Waals surface area contributed by atoms with Crippen molar-refractivity contribution in [2.24, 2.45) is 0 Å². The Labute approximate surface area is 214 Å². The van der Waals surface area contributed by atoms with Crippen LogP contribution in [0.5, 0.6) is 0 Å². The molecule has 5 aromatic rings. The van der Waals surface area contributed by atoms with E-state index >= 15 is 0 Å². The number of aryl methyl sites for hydroxylation is 1. The van der Waals surface area contributed by atoms with E-state index in [0.29, 0.717) is 5.69 Å². The normalized spacial score (nSPS) is 11.3. The van der Waals surface area contributed by atoms with Crippen LogP contribution in [0.25, 0.3) is 27.8 Å². The summed E-state index contributed by atoms with van der Waals surface area (Å²) in [6, 6.07) is 20.9. The van der Waals surface area contributed by atoms with Crippen molar-refractivity contribution in [1.29, 1.82) is 5.26 Å². The summed E-state index contributed by atoms with van der Waals surface area (Å²) in [6.45, 7) is 2.92. The molecular formula is C26H21BrIN5. The quantitative estimate of drug-likeness (QED) is 0.154. The Bertz CT molecular complexity index is 1510. The van der Waals surface area contributed by atoms with E-state index in [9.17, 15) is 5.26 Å². The highest BCUT2D eigenvalue weighted by atomic mass is 127. The van der Waals surface area contributed by atoms with Crippen LogP contribution in [0.1, 0.15) is 36.8 Å². The highest BCUT2D eigenvalue weighted by molar-refractivity contribution is 14.1. The molecule has 0 atom stereocenters. The number of benzene rings is 1. The Morgan fingerprint density at radius 2 is 1.91 bits per heavy atom. The van der Waals surface area contributed by atoms with Crippen molar-refractivity contribution in [3.63, 3.8) is 0 Å². The van der Waals surface area contributed by atoms with Gasteiger partial charge in [0.25, 0.3) is 0 Å². The summed E-state index contributed by atoms with van der Waals surface area (Å²) in [6.07, 6.45) is 5.01. The summed E-state index contributed by atoms with van der Waals surface area (Å²) < 4.78 is 6.17. The van der Waals surface area contributed by atoms with Crippen LogP contribution in [0.4, 0.5) is 0 Å². The van der Waals surface area contributed by atoms with Gasteiger partial charge in [-0.1, -0.05) is 43.7 Å². The summed E-state index contributed by atoms with van der Waals surface area (Å²) in [5.74, 6) is 1.08. The Balaban J connectivity index is 1.53. The lowest BCUT2D eigenvalue weighted by molar-refractivity contribution is 0.686. The molecule has 0 aliphatic carbocycles. The van der Waals surface area contributed by atoms with E-state index < -0.39 is 0 Å². The first-order valence-electron chi connectivity index (χ1n) is 10.9. The van der Waals surface area contributed by atoms with Crippen molar-refractivity contribution in [3.05, 3.63) is 86.0 Å². The predicted molar refractivity (Wildman–Crippen MR) is 143 cm³/mol. The van der Waals surface area contributed by atoms with Crippen LogP contribution in [0.15, 0.2) is 65.3 Å². The summed E-state index contributed by atoms with van der Waals surface area (Å²) >= 11 is 6.02. The molecule has 0 aliphatic rings. The molecule has 0 spiro atoms. The molecule has 1 aromatic carbocycles. The third kappa shape index (κ3) is 3.96. The maximum Gasteiger partial charge on any atom is 0.160 e. The summed E-state index contributed by atoms with van der Waals surface area (Å²) in [5, 5.41) is 9.93. The molecule has 4 heterocycles. The summed E-state index contributed by atoms with van der Waals surface area (Å²) in [4.78, 5) is 9.43. The standard InChI is InChI=1S/C26H21BrIN5/c1-2-3-9-23-31-19-6-5-14-30-26(19)32(23)16-17-10-12-18(13-11-17)24-21(15-29)33-20(25(24)27)7-4-8-22(33)28/h4-8,10-14H,2-3,9,16H2,1H3. The molecule has 0 N–H and O–H groups in total. The van der Waals surface area contributed by atoms with Crippen LogP contribution >= 0.6 is 38.5 Å². The van der Waals surface area contributed by atoms with Crippen molar-refractivity contribution in [3.8, 4) is 17.2 Å². The molecule has 0 aliphatic heterocycles. The summed E-state index contributed by atoms with van der Waals surface area (Å²) in [5.41, 5.74) is 6.62. The van der Waals surface area contributed by atoms with Crippen molar-refractivity contribution < 1.29 is 0 Å². The third-order valence-corrected chi connectivity index (χ3v) is 7.52. The average Bonchev–Trinajstić information content (AvgIpc) is 3.33. The van der Waals surface area contributed by atoms with Crippen LogP contribution in [-0.4, -0.2) is 18.9 Å². The molecule has 0 radical (unpaired) electrons. The molecule has 0 bridgehead atoms. The Morgan fingerprint density at radius 3 is 2.67 bits per heavy atom. The third-order valence-electron chi connectivity index (χ3n) is 5.87. The van der Waals surface area contributed by atoms with Gasteiger partial charge in [0.1, 0.15) is 23.1 Å². The van der Waals surface area contributed by atoms with E-state index in [4.69, 9.17) is 4.98 Å². The first kappa shape index (κ1) is 22.1. The Kier molecular flexibility index (Phi) is 6.21. The van der Waals surface area contributed by atoms with Crippen LogP contribution in [0.3, 0.4) is 0 Å². The first-order chi connectivity index (χ1) is 16.1. The molecule has 4 aromatic heterocycles. The van der Waals surface area contributed by atoms with Crippen LogP contribution in [-0.2, 0) is 13.0 Å². The van der Waals surface area contributed by atoms with Gasteiger partial charge in [-0.2, -0.15) is 5.26 Å². The van der Waals surface area contributed by atoms with Gasteiger partial charge in [0.2, 0.25) is 0 Å². The smallest absolute Gasteiger partial charge is 0.160 e. The number of hydrogen-bond acceptors (Lipinski definition) is 3. The Morgan fingerprint density at radius 1 is 1.09 bits per heavy atom. The minimum atomic E-state index is 0.640. The van der Waals surface area contributed by atoms with Crippen molar-refractivity contribution >= 4 is 55.2 Å². The van der Waals surface area contributed by atoms with Crippen LogP contribution in [0, 0.1) is 15.0 Å². The lowest BCUT2D eigenvalue weighted by Crippen LogP contribution is -2.06. The summed E-state index contributed by atoms with van der Waals surface area (Å²) in [7, 11) is 0. The van der Waals surface area contributed by atoms with E-state index in [1.807, 2.05) is 40.9 Å². The number of nitriles is 1. The van der Waals surface area contributed by atoms with Crippen molar-refractivity contribution in [2.75, 3.05) is 0 Å². The van der Waals surface area contributed by atoms with Gasteiger partial charge < -0.3 is 4.57 Å². The zero-order chi connectivity index (χ0) is 22.9. The number of pyridine rings is 2. The van der Waals surface area contributed by atoms with Gasteiger partial charge in [-0.05, 0) is 80.3 Å². The monoisotopic (exact) mass is 609 g/mol. The average molecular weight is 610 g/mol. The Hall–Kier alpha value is -2.70. The number of fused-ring (bicyclic) bond motifs is 2. The topological polar surface area (TPSA) is 58.9 Å². The van der Waals surface area contributed by atoms with Gasteiger partial charge >= 0.3 is 0 Å². The number of halogens is 2. The highest BCUT2D eigenvalue weighted by Gasteiger charge is 2.19. The number of imidazole rings is 1. The maximum atomic E-state index is 9.93. The van der Waals surface area contributed by atoms with Gasteiger partial charge in [0.05, 0.1) is 20.2 Å². The van der Waals surface area contributed by atoms with E-state index in [1.54, 1.807) is 0 Å². The first-order valence-corrected chi connectivity index (χ1v) is 12.8. The molecule has 33 heavy (non-hydrogen) atoms. The fourth-order valence-electron chi connectivity index (χ4n) is 4.25. The van der Waals surface area contributed by atoms with Gasteiger partial charge in [0, 0.05) is 18.2 Å². The zero-order valence-corrected chi connectivity index (χ0v) is 21.8. The minimum Gasteiger partial charge on any atom is -0.308 e. The fraction of sp³-hybridized carbons (Fsp3) is 0.192. The molecule has 164 valence electrons. The predicted octanol–water partition coefficient (Wildman–Crippen LogP) is 6.98. The van der Waals surface area contributed by atoms with Crippen LogP contribution in [0.2, 0.25) is 0 Å². The lowest BCUT2D eigenvalue weighted by Gasteiger charge is -2.10. The molecule has 0 unspecified atom stereocenters. The molecule has 5 nitrogen and oxygen atoms in total. The minimum absolute atomic E-state index is 0.640. The van der Waals surface area contributed by atoms with E-state index in [1.165, 1.54) is 5.56 Å². The molecule has 0 amide bonds. The molecular weight excluding hydrogens is 589 g/mol. The van der Waals surface area contributed by atoms with Crippen LogP contribution < -0.4 is 0 Å². The lowest BCUT2D eigenvalue weighted by atomic mass is 10.0. The molecule has 7 heteroatoms. The fourth-order valence-corrected chi connectivity index (χ4v) is 5.69. The van der Waals surface area contributed by atoms with Gasteiger partial charge in [-0.25, -0.2) is 9.97 Å². The van der Waals surface area contributed by atoms with Gasteiger partial charge in [0.15, 0.2) is 5.65 Å². The second kappa shape index (κ2) is 9.27. The second-order valence-corrected chi connectivity index (χ2v) is 9.88. The molecule has 0 saturated carbocycles. The van der Waals surface area contributed by atoms with E-state index in [2.05, 4.69) is 85.3 Å². The number of aromatic nitrogens is 4. The van der Waals surface area contributed by atoms with Gasteiger partial charge in [-0.15, -0.1) is 0 Å². The number of rotatable bonds is 6. The molecule has 0 saturated heterocycles. The van der Waals surface area contributed by atoms with Crippen molar-refractivity contribution in [1.82, 2.24) is 18.9 Å². The second-order valence-electron chi connectivity index (χ2n) is 7.98. The number of unbranched alkanes of at least 4 members (excludes halogenated alkanes) is 1.